The van der Waals surface area contributed by atoms with Gasteiger partial charge in [-0.1, -0.05) is 24.3 Å². The number of amides is 2. The zero-order valence-electron chi connectivity index (χ0n) is 18.3. The molecule has 2 amide bonds. The summed E-state index contributed by atoms with van der Waals surface area (Å²) in [6, 6.07) is 8.74. The zero-order valence-corrected chi connectivity index (χ0v) is 18.3. The summed E-state index contributed by atoms with van der Waals surface area (Å²) in [5.74, 6) is 0.493. The third kappa shape index (κ3) is 6.76. The van der Waals surface area contributed by atoms with E-state index in [0.717, 1.165) is 19.3 Å². The van der Waals surface area contributed by atoms with Crippen LogP contribution in [0.25, 0.3) is 0 Å². The summed E-state index contributed by atoms with van der Waals surface area (Å²) in [5, 5.41) is 9.61. The Hall–Kier alpha value is -2.57. The van der Waals surface area contributed by atoms with Crippen LogP contribution in [0.5, 0.6) is 0 Å². The Morgan fingerprint density at radius 2 is 1.86 bits per heavy atom. The number of aliphatic imine (C=N–C) groups is 1. The van der Waals surface area contributed by atoms with E-state index in [1.165, 1.54) is 16.0 Å². The minimum atomic E-state index is -0.594. The van der Waals surface area contributed by atoms with Crippen molar-refractivity contribution in [3.05, 3.63) is 35.4 Å². The molecule has 1 unspecified atom stereocenters. The molecule has 0 radical (unpaired) electrons. The van der Waals surface area contributed by atoms with Crippen LogP contribution in [0.15, 0.2) is 29.3 Å². The van der Waals surface area contributed by atoms with E-state index < -0.39 is 5.41 Å². The molecule has 7 nitrogen and oxygen atoms in total. The number of aryl methyl sites for hydroxylation is 1. The van der Waals surface area contributed by atoms with Gasteiger partial charge in [0.25, 0.3) is 0 Å². The topological polar surface area (TPSA) is 85.8 Å². The lowest BCUT2D eigenvalue weighted by molar-refractivity contribution is -0.129. The molecule has 160 valence electrons. The number of hydrogen-bond donors (Lipinski definition) is 3. The van der Waals surface area contributed by atoms with E-state index in [1.807, 2.05) is 20.8 Å². The lowest BCUT2D eigenvalue weighted by Crippen LogP contribution is -2.51. The van der Waals surface area contributed by atoms with Gasteiger partial charge in [-0.15, -0.1) is 0 Å². The molecule has 1 aliphatic rings. The summed E-state index contributed by atoms with van der Waals surface area (Å²) in [5.41, 5.74) is 2.16. The molecule has 0 aliphatic heterocycles. The Morgan fingerprint density at radius 3 is 2.52 bits per heavy atom. The van der Waals surface area contributed by atoms with Gasteiger partial charge in [-0.25, -0.2) is 4.99 Å². The van der Waals surface area contributed by atoms with Crippen molar-refractivity contribution >= 4 is 17.8 Å². The molecule has 1 aromatic rings. The lowest BCUT2D eigenvalue weighted by Gasteiger charge is -2.29. The highest BCUT2D eigenvalue weighted by Gasteiger charge is 2.28. The summed E-state index contributed by atoms with van der Waals surface area (Å²) < 4.78 is 0. The molecule has 0 spiro atoms. The molecule has 0 saturated heterocycles. The van der Waals surface area contributed by atoms with Gasteiger partial charge in [-0.2, -0.15) is 0 Å². The van der Waals surface area contributed by atoms with Crippen molar-refractivity contribution in [2.24, 2.45) is 10.4 Å². The maximum absolute atomic E-state index is 12.3. The van der Waals surface area contributed by atoms with Crippen LogP contribution in [0.4, 0.5) is 0 Å². The standard InChI is InChI=1S/C22H35N5O2/c1-6-23-20(29)22(2,3)15-25-21(24-14-19(28)27(4)5)26-18-12-11-16-9-7-8-10-17(16)13-18/h7-10,18H,6,11-15H2,1-5H3,(H,23,29)(H2,24,25,26). The van der Waals surface area contributed by atoms with E-state index in [1.54, 1.807) is 14.1 Å². The average molecular weight is 402 g/mol. The van der Waals surface area contributed by atoms with Crippen LogP contribution in [0.3, 0.4) is 0 Å². The van der Waals surface area contributed by atoms with Crippen molar-refractivity contribution in [2.45, 2.75) is 46.1 Å². The van der Waals surface area contributed by atoms with Crippen LogP contribution in [0.2, 0.25) is 0 Å². The Bertz CT molecular complexity index is 742. The van der Waals surface area contributed by atoms with Gasteiger partial charge in [0.05, 0.1) is 5.41 Å². The van der Waals surface area contributed by atoms with Crippen LogP contribution in [-0.4, -0.2) is 62.4 Å². The Labute approximate surface area is 174 Å². The zero-order chi connectivity index (χ0) is 21.4. The molecule has 1 aliphatic carbocycles. The monoisotopic (exact) mass is 401 g/mol. The van der Waals surface area contributed by atoms with Crippen LogP contribution in [0, 0.1) is 5.41 Å². The molecule has 0 fully saturated rings. The largest absolute Gasteiger partial charge is 0.356 e. The first-order chi connectivity index (χ1) is 13.7. The smallest absolute Gasteiger partial charge is 0.243 e. The minimum absolute atomic E-state index is 0.0113. The van der Waals surface area contributed by atoms with Crippen molar-refractivity contribution < 1.29 is 9.59 Å². The SMILES string of the molecule is CCNC(=O)C(C)(C)CNC(=NCC(=O)N(C)C)NC1CCc2ccccc2C1. The molecule has 0 bridgehead atoms. The quantitative estimate of drug-likeness (QED) is 0.475. The number of guanidine groups is 1. The number of carbonyl (C=O) groups excluding carboxylic acids is 2. The molecule has 0 aromatic heterocycles. The average Bonchev–Trinajstić information content (AvgIpc) is 2.69. The molecular weight excluding hydrogens is 366 g/mol. The Balaban J connectivity index is 2.06. The highest BCUT2D eigenvalue weighted by molar-refractivity contribution is 5.86. The van der Waals surface area contributed by atoms with Gasteiger partial charge >= 0.3 is 0 Å². The first-order valence-corrected chi connectivity index (χ1v) is 10.3. The predicted octanol–water partition coefficient (Wildman–Crippen LogP) is 1.33. The molecule has 1 atom stereocenters. The molecular formula is C22H35N5O2. The van der Waals surface area contributed by atoms with Crippen molar-refractivity contribution in [1.29, 1.82) is 0 Å². The summed E-state index contributed by atoms with van der Waals surface area (Å²) in [6.07, 6.45) is 2.93. The third-order valence-corrected chi connectivity index (χ3v) is 5.21. The summed E-state index contributed by atoms with van der Waals surface area (Å²) >= 11 is 0. The second kappa shape index (κ2) is 10.3. The summed E-state index contributed by atoms with van der Waals surface area (Å²) in [6.45, 7) is 6.77. The van der Waals surface area contributed by atoms with Crippen molar-refractivity contribution in [2.75, 3.05) is 33.7 Å². The van der Waals surface area contributed by atoms with Gasteiger partial charge in [-0.05, 0) is 51.2 Å². The third-order valence-electron chi connectivity index (χ3n) is 5.21. The molecule has 0 heterocycles. The minimum Gasteiger partial charge on any atom is -0.356 e. The molecule has 29 heavy (non-hydrogen) atoms. The van der Waals surface area contributed by atoms with Crippen molar-refractivity contribution in [3.8, 4) is 0 Å². The van der Waals surface area contributed by atoms with Crippen LogP contribution < -0.4 is 16.0 Å². The molecule has 2 rings (SSSR count). The summed E-state index contributed by atoms with van der Waals surface area (Å²) in [7, 11) is 3.43. The van der Waals surface area contributed by atoms with E-state index >= 15 is 0 Å². The van der Waals surface area contributed by atoms with E-state index in [9.17, 15) is 9.59 Å². The van der Waals surface area contributed by atoms with Crippen LogP contribution >= 0.6 is 0 Å². The number of hydrogen-bond acceptors (Lipinski definition) is 3. The second-order valence-corrected chi connectivity index (χ2v) is 8.40. The first-order valence-electron chi connectivity index (χ1n) is 10.3. The van der Waals surface area contributed by atoms with Gasteiger partial charge in [0.15, 0.2) is 5.96 Å². The number of rotatable bonds is 7. The first kappa shape index (κ1) is 22.7. The van der Waals surface area contributed by atoms with E-state index in [-0.39, 0.29) is 24.4 Å². The maximum atomic E-state index is 12.3. The lowest BCUT2D eigenvalue weighted by atomic mass is 9.88. The highest BCUT2D eigenvalue weighted by Crippen LogP contribution is 2.21. The van der Waals surface area contributed by atoms with Gasteiger partial charge in [-0.3, -0.25) is 9.59 Å². The fourth-order valence-electron chi connectivity index (χ4n) is 3.24. The fraction of sp³-hybridized carbons (Fsp3) is 0.591. The Morgan fingerprint density at radius 1 is 1.17 bits per heavy atom. The second-order valence-electron chi connectivity index (χ2n) is 8.40. The normalized spacial score (nSPS) is 16.6. The number of carbonyl (C=O) groups is 2. The number of fused-ring (bicyclic) bond motifs is 1. The summed E-state index contributed by atoms with van der Waals surface area (Å²) in [4.78, 5) is 30.3. The number of benzene rings is 1. The number of nitrogens with one attached hydrogen (secondary N) is 3. The van der Waals surface area contributed by atoms with Gasteiger partial charge in [0.2, 0.25) is 11.8 Å². The number of likely N-dealkylation sites (N-methyl/N-ethyl adjacent to an activating group) is 1. The maximum Gasteiger partial charge on any atom is 0.243 e. The molecule has 1 aromatic carbocycles. The molecule has 7 heteroatoms. The number of nitrogens with zero attached hydrogens (tertiary/aromatic N) is 2. The van der Waals surface area contributed by atoms with Crippen molar-refractivity contribution in [3.63, 3.8) is 0 Å². The predicted molar refractivity (Wildman–Crippen MR) is 117 cm³/mol. The van der Waals surface area contributed by atoms with Gasteiger partial charge in [0.1, 0.15) is 6.54 Å². The van der Waals surface area contributed by atoms with Gasteiger partial charge in [0, 0.05) is 33.2 Å². The Kier molecular flexibility index (Phi) is 8.05. The van der Waals surface area contributed by atoms with Gasteiger partial charge < -0.3 is 20.9 Å². The van der Waals surface area contributed by atoms with Crippen LogP contribution in [0.1, 0.15) is 38.3 Å². The molecule has 3 N–H and O–H groups in total. The van der Waals surface area contributed by atoms with Crippen molar-refractivity contribution in [1.82, 2.24) is 20.9 Å². The molecule has 0 saturated carbocycles. The fourth-order valence-corrected chi connectivity index (χ4v) is 3.24. The van der Waals surface area contributed by atoms with E-state index in [2.05, 4.69) is 45.2 Å². The van der Waals surface area contributed by atoms with E-state index in [4.69, 9.17) is 0 Å². The van der Waals surface area contributed by atoms with Crippen LogP contribution in [-0.2, 0) is 22.4 Å². The highest BCUT2D eigenvalue weighted by atomic mass is 16.2. The van der Waals surface area contributed by atoms with E-state index in [0.29, 0.717) is 19.0 Å².